The van der Waals surface area contributed by atoms with Crippen LogP contribution < -0.4 is 0 Å². The van der Waals surface area contributed by atoms with Crippen LogP contribution in [0.5, 0.6) is 0 Å². The van der Waals surface area contributed by atoms with Crippen molar-refractivity contribution in [3.8, 4) is 22.3 Å². The molecule has 0 bridgehead atoms. The van der Waals surface area contributed by atoms with E-state index < -0.39 is 0 Å². The molecule has 8 rings (SSSR count). The molecule has 0 nitrogen and oxygen atoms in total. The molecule has 0 N–H and O–H groups in total. The van der Waals surface area contributed by atoms with Crippen LogP contribution in [0.3, 0.4) is 0 Å². The van der Waals surface area contributed by atoms with Gasteiger partial charge >= 0.3 is 26.2 Å². The number of aryl methyl sites for hydroxylation is 3. The van der Waals surface area contributed by atoms with E-state index in [1.807, 2.05) is 42.5 Å². The first-order valence-corrected chi connectivity index (χ1v) is 17.1. The van der Waals surface area contributed by atoms with Crippen LogP contribution in [0, 0.1) is 34.6 Å². The van der Waals surface area contributed by atoms with E-state index in [9.17, 15) is 0 Å². The van der Waals surface area contributed by atoms with Gasteiger partial charge in [-0.15, -0.1) is 98.4 Å². The summed E-state index contributed by atoms with van der Waals surface area (Å²) in [6.07, 6.45) is 0. The number of rotatable bonds is 3. The third kappa shape index (κ3) is 10.2. The molecule has 0 atom stereocenters. The second kappa shape index (κ2) is 19.0. The van der Waals surface area contributed by atoms with E-state index in [2.05, 4.69) is 178 Å². The fourth-order valence-corrected chi connectivity index (χ4v) is 6.14. The van der Waals surface area contributed by atoms with E-state index in [1.54, 1.807) is 0 Å². The minimum absolute atomic E-state index is 0. The van der Waals surface area contributed by atoms with Crippen molar-refractivity contribution in [1.29, 1.82) is 0 Å². The quantitative estimate of drug-likeness (QED) is 0.125. The first kappa shape index (κ1) is 38.2. The van der Waals surface area contributed by atoms with Gasteiger partial charge in [-0.3, -0.25) is 0 Å². The van der Waals surface area contributed by atoms with Crippen molar-refractivity contribution in [2.24, 2.45) is 0 Å². The van der Waals surface area contributed by atoms with E-state index in [0.717, 1.165) is 11.1 Å². The molecule has 2 heteroatoms. The summed E-state index contributed by atoms with van der Waals surface area (Å²) < 4.78 is 0. The fraction of sp³-hybridized carbons (Fsp3) is 0.0833. The topological polar surface area (TPSA) is 0 Å². The van der Waals surface area contributed by atoms with Crippen molar-refractivity contribution in [1.82, 2.24) is 0 Å². The predicted molar refractivity (Wildman–Crippen MR) is 216 cm³/mol. The zero-order chi connectivity index (χ0) is 34.6. The molecule has 0 aliphatic rings. The Balaban J connectivity index is 0.000000156. The summed E-state index contributed by atoms with van der Waals surface area (Å²) in [4.78, 5) is 0. The molecule has 0 amide bonds. The van der Waals surface area contributed by atoms with Gasteiger partial charge in [0.05, 0.1) is 0 Å². The summed E-state index contributed by atoms with van der Waals surface area (Å²) in [5, 5.41) is 5.37. The van der Waals surface area contributed by atoms with Crippen LogP contribution in [0.15, 0.2) is 170 Å². The first-order valence-electron chi connectivity index (χ1n) is 16.6. The van der Waals surface area contributed by atoms with Gasteiger partial charge in [0.2, 0.25) is 0 Å². The van der Waals surface area contributed by atoms with Crippen LogP contribution in [0.4, 0.5) is 0 Å². The van der Waals surface area contributed by atoms with Gasteiger partial charge in [0, 0.05) is 0 Å². The molecule has 0 aliphatic heterocycles. The summed E-state index contributed by atoms with van der Waals surface area (Å²) in [6, 6.07) is 59.1. The Kier molecular flexibility index (Phi) is 14.5. The van der Waals surface area contributed by atoms with Gasteiger partial charge in [-0.25, -0.2) is 0 Å². The van der Waals surface area contributed by atoms with Crippen LogP contribution in [0.2, 0.25) is 0 Å². The van der Waals surface area contributed by atoms with Crippen LogP contribution >= 0.6 is 0 Å². The maximum Gasteiger partial charge on any atom is 4.00 e. The molecule has 0 fully saturated rings. The molecular formula is C48H42SiZr. The molecule has 50 heavy (non-hydrogen) atoms. The zero-order valence-corrected chi connectivity index (χ0v) is 32.8. The Morgan fingerprint density at radius 2 is 0.920 bits per heavy atom. The van der Waals surface area contributed by atoms with Gasteiger partial charge in [0.25, 0.3) is 0 Å². The molecule has 0 aromatic heterocycles. The number of hydrogen-bond donors (Lipinski definition) is 0. The fourth-order valence-electron chi connectivity index (χ4n) is 5.87. The second-order valence-electron chi connectivity index (χ2n) is 12.3. The van der Waals surface area contributed by atoms with Crippen LogP contribution in [0.1, 0.15) is 33.4 Å². The Bertz CT molecular complexity index is 2110. The standard InChI is InChI=1S/2C16H13.C9H9Si.C7H7.Zr/c2*1-12-10-14-8-5-9-15(16(14)11-12)13-6-3-2-4-7-13;1-7-4-3-5-9(6-10)8(7)2;1-7-5-3-2-4-6-7;/h2*2-11H,1H3;3-5H,1-2H3;2-6H,1H2;/q4*-1;+4. The first-order chi connectivity index (χ1) is 23.8. The van der Waals surface area contributed by atoms with Crippen molar-refractivity contribution in [2.75, 3.05) is 0 Å². The van der Waals surface area contributed by atoms with Gasteiger partial charge in [-0.05, 0) is 11.1 Å². The number of benzene rings is 6. The molecule has 242 valence electrons. The minimum Gasteiger partial charge on any atom is -0.199 e. The molecular weight excluding hydrogens is 696 g/mol. The molecule has 0 spiro atoms. The van der Waals surface area contributed by atoms with Gasteiger partial charge in [-0.2, -0.15) is 54.1 Å². The van der Waals surface area contributed by atoms with E-state index in [4.69, 9.17) is 0 Å². The normalized spacial score (nSPS) is 10.0. The molecule has 0 unspecified atom stereocenters. The predicted octanol–water partition coefficient (Wildman–Crippen LogP) is 12.4. The van der Waals surface area contributed by atoms with Crippen molar-refractivity contribution in [3.63, 3.8) is 0 Å². The van der Waals surface area contributed by atoms with Crippen LogP contribution in [0.25, 0.3) is 43.8 Å². The van der Waals surface area contributed by atoms with Crippen molar-refractivity contribution in [3.05, 3.63) is 210 Å². The summed E-state index contributed by atoms with van der Waals surface area (Å²) in [6.45, 7) is 12.2. The average Bonchev–Trinajstić information content (AvgIpc) is 3.72. The zero-order valence-electron chi connectivity index (χ0n) is 29.4. The van der Waals surface area contributed by atoms with E-state index >= 15 is 0 Å². The van der Waals surface area contributed by atoms with Gasteiger partial charge in [0.15, 0.2) is 0 Å². The third-order valence-corrected chi connectivity index (χ3v) is 8.81. The summed E-state index contributed by atoms with van der Waals surface area (Å²) in [5.41, 5.74) is 15.6. The Morgan fingerprint density at radius 1 is 0.500 bits per heavy atom. The average molecular weight is 738 g/mol. The Morgan fingerprint density at radius 3 is 1.30 bits per heavy atom. The van der Waals surface area contributed by atoms with Crippen molar-refractivity contribution < 1.29 is 26.2 Å². The SMILES string of the molecule is Cc1cc2c(-c3ccccc3)cccc2[cH-]1.Cc1cc2c(-c3ccccc3)cccc2[cH-]1.Cc1cccc([C-]=[Si])c1C.[CH2-]c1ccccc1.[Zr+4]. The summed E-state index contributed by atoms with van der Waals surface area (Å²) in [7, 11) is 3.24. The van der Waals surface area contributed by atoms with Crippen molar-refractivity contribution in [2.45, 2.75) is 27.7 Å². The summed E-state index contributed by atoms with van der Waals surface area (Å²) in [5.74, 6) is 0. The number of fused-ring (bicyclic) bond motifs is 2. The summed E-state index contributed by atoms with van der Waals surface area (Å²) >= 11 is 0. The second-order valence-corrected chi connectivity index (χ2v) is 12.5. The monoisotopic (exact) mass is 736 g/mol. The molecule has 8 aromatic rings. The number of hydrogen-bond acceptors (Lipinski definition) is 0. The van der Waals surface area contributed by atoms with Crippen molar-refractivity contribution >= 4 is 37.1 Å². The maximum absolute atomic E-state index is 3.72. The molecule has 0 aliphatic carbocycles. The molecule has 2 radical (unpaired) electrons. The van der Waals surface area contributed by atoms with E-state index in [-0.39, 0.29) is 26.2 Å². The molecule has 8 aromatic carbocycles. The molecule has 0 saturated heterocycles. The van der Waals surface area contributed by atoms with Crippen LogP contribution in [-0.2, 0) is 26.2 Å². The van der Waals surface area contributed by atoms with Gasteiger partial charge in [0.1, 0.15) is 0 Å². The van der Waals surface area contributed by atoms with Gasteiger partial charge < -0.3 is 0 Å². The molecule has 0 saturated carbocycles. The maximum atomic E-state index is 3.72. The third-order valence-electron chi connectivity index (χ3n) is 8.54. The van der Waals surface area contributed by atoms with Crippen LogP contribution in [-0.4, -0.2) is 15.5 Å². The minimum atomic E-state index is 0. The smallest absolute Gasteiger partial charge is 0.199 e. The van der Waals surface area contributed by atoms with E-state index in [0.29, 0.717) is 0 Å². The largest absolute Gasteiger partial charge is 4.00 e. The van der Waals surface area contributed by atoms with E-state index in [1.165, 1.54) is 66.1 Å². The Labute approximate surface area is 321 Å². The Hall–Kier alpha value is -4.62. The van der Waals surface area contributed by atoms with Gasteiger partial charge in [-0.1, -0.05) is 134 Å². The molecule has 0 heterocycles.